The fraction of sp³-hybridized carbons (Fsp3) is 0.519. The van der Waals surface area contributed by atoms with Gasteiger partial charge in [-0.1, -0.05) is 19.9 Å². The molecular formula is C27H37N5OS. The van der Waals surface area contributed by atoms with Gasteiger partial charge in [-0.2, -0.15) is 0 Å². The third-order valence-electron chi connectivity index (χ3n) is 6.80. The van der Waals surface area contributed by atoms with E-state index in [9.17, 15) is 4.79 Å². The van der Waals surface area contributed by atoms with Crippen LogP contribution in [0.4, 0.5) is 0 Å². The third-order valence-corrected chi connectivity index (χ3v) is 8.00. The zero-order chi connectivity index (χ0) is 24.1. The number of carbonyl (C=O) groups excluding carboxylic acids is 1. The molecule has 0 spiro atoms. The first-order valence-corrected chi connectivity index (χ1v) is 13.2. The largest absolute Gasteiger partial charge is 0.355 e. The maximum atomic E-state index is 12.6. The van der Waals surface area contributed by atoms with Crippen molar-refractivity contribution in [3.8, 4) is 10.6 Å². The second-order valence-corrected chi connectivity index (χ2v) is 10.8. The van der Waals surface area contributed by atoms with Gasteiger partial charge in [0.25, 0.3) is 0 Å². The standard InChI is InChI=1S/C27H37N5OS/c1-5-19(2)22-10-11-28-24-15-25(34-26(22)24)23-9-8-20(16-30-23)17-32-13-6-7-21(18-32)27(33)29-12-14-31(3)4/h8-11,15-16,19,21H,5-7,12-14,17-18H2,1-4H3,(H,29,33)/t19?,21-/m1/s1. The van der Waals surface area contributed by atoms with Crippen LogP contribution in [-0.2, 0) is 11.3 Å². The van der Waals surface area contributed by atoms with E-state index < -0.39 is 0 Å². The Labute approximate surface area is 207 Å². The zero-order valence-corrected chi connectivity index (χ0v) is 21.7. The molecule has 182 valence electrons. The van der Waals surface area contributed by atoms with E-state index in [2.05, 4.69) is 58.2 Å². The highest BCUT2D eigenvalue weighted by molar-refractivity contribution is 7.22. The number of rotatable bonds is 9. The minimum Gasteiger partial charge on any atom is -0.355 e. The summed E-state index contributed by atoms with van der Waals surface area (Å²) in [6, 6.07) is 8.62. The van der Waals surface area contributed by atoms with Gasteiger partial charge in [-0.15, -0.1) is 11.3 Å². The first kappa shape index (κ1) is 24.8. The van der Waals surface area contributed by atoms with E-state index >= 15 is 0 Å². The van der Waals surface area contributed by atoms with Gasteiger partial charge in [0.15, 0.2) is 0 Å². The minimum absolute atomic E-state index is 0.0777. The number of likely N-dealkylation sites (N-methyl/N-ethyl adjacent to an activating group) is 1. The molecule has 0 saturated carbocycles. The van der Waals surface area contributed by atoms with Crippen LogP contribution in [0, 0.1) is 5.92 Å². The quantitative estimate of drug-likeness (QED) is 0.479. The molecule has 1 unspecified atom stereocenters. The number of amides is 1. The Balaban J connectivity index is 1.39. The molecule has 0 radical (unpaired) electrons. The van der Waals surface area contributed by atoms with Crippen LogP contribution >= 0.6 is 11.3 Å². The summed E-state index contributed by atoms with van der Waals surface area (Å²) in [7, 11) is 4.05. The maximum Gasteiger partial charge on any atom is 0.224 e. The van der Waals surface area contributed by atoms with Gasteiger partial charge >= 0.3 is 0 Å². The van der Waals surface area contributed by atoms with Crippen LogP contribution in [0.25, 0.3) is 20.8 Å². The number of fused-ring (bicyclic) bond motifs is 1. The normalized spacial score (nSPS) is 17.9. The molecule has 3 aromatic rings. The Morgan fingerprint density at radius 3 is 2.88 bits per heavy atom. The molecule has 1 aliphatic rings. The van der Waals surface area contributed by atoms with Crippen LogP contribution in [0.1, 0.15) is 50.2 Å². The molecule has 0 aliphatic carbocycles. The molecule has 0 bridgehead atoms. The van der Waals surface area contributed by atoms with Crippen molar-refractivity contribution in [2.24, 2.45) is 5.92 Å². The van der Waals surface area contributed by atoms with Crippen molar-refractivity contribution in [1.29, 1.82) is 0 Å². The summed E-state index contributed by atoms with van der Waals surface area (Å²) in [6.07, 6.45) is 7.06. The molecule has 6 nitrogen and oxygen atoms in total. The van der Waals surface area contributed by atoms with Gasteiger partial charge in [0.2, 0.25) is 5.91 Å². The molecule has 1 N–H and O–H groups in total. The number of likely N-dealkylation sites (tertiary alicyclic amines) is 1. The maximum absolute atomic E-state index is 12.6. The first-order valence-electron chi connectivity index (χ1n) is 12.4. The summed E-state index contributed by atoms with van der Waals surface area (Å²) < 4.78 is 1.28. The lowest BCUT2D eigenvalue weighted by atomic mass is 9.96. The number of piperidine rings is 1. The Morgan fingerprint density at radius 2 is 2.15 bits per heavy atom. The van der Waals surface area contributed by atoms with Crippen LogP contribution in [0.2, 0.25) is 0 Å². The first-order chi connectivity index (χ1) is 16.4. The summed E-state index contributed by atoms with van der Waals surface area (Å²) >= 11 is 1.79. The molecule has 4 heterocycles. The molecule has 7 heteroatoms. The highest BCUT2D eigenvalue weighted by Gasteiger charge is 2.25. The van der Waals surface area contributed by atoms with Crippen molar-refractivity contribution in [3.05, 3.63) is 47.8 Å². The molecule has 1 fully saturated rings. The highest BCUT2D eigenvalue weighted by Crippen LogP contribution is 2.36. The summed E-state index contributed by atoms with van der Waals surface area (Å²) in [5, 5.41) is 3.10. The van der Waals surface area contributed by atoms with Crippen molar-refractivity contribution < 1.29 is 4.79 Å². The Kier molecular flexibility index (Phi) is 8.29. The fourth-order valence-electron chi connectivity index (χ4n) is 4.57. The van der Waals surface area contributed by atoms with E-state index in [-0.39, 0.29) is 11.8 Å². The Morgan fingerprint density at radius 1 is 1.29 bits per heavy atom. The van der Waals surface area contributed by atoms with E-state index in [1.165, 1.54) is 15.8 Å². The van der Waals surface area contributed by atoms with Crippen molar-refractivity contribution in [2.75, 3.05) is 40.3 Å². The predicted molar refractivity (Wildman–Crippen MR) is 141 cm³/mol. The van der Waals surface area contributed by atoms with Crippen LogP contribution in [0.5, 0.6) is 0 Å². The number of thiophene rings is 1. The summed E-state index contributed by atoms with van der Waals surface area (Å²) in [4.78, 5) is 27.6. The average molecular weight is 480 g/mol. The van der Waals surface area contributed by atoms with Gasteiger partial charge in [-0.25, -0.2) is 0 Å². The lowest BCUT2D eigenvalue weighted by Gasteiger charge is -2.32. The minimum atomic E-state index is 0.0777. The monoisotopic (exact) mass is 479 g/mol. The smallest absolute Gasteiger partial charge is 0.224 e. The van der Waals surface area contributed by atoms with Gasteiger partial charge in [0, 0.05) is 38.6 Å². The predicted octanol–water partition coefficient (Wildman–Crippen LogP) is 4.76. The van der Waals surface area contributed by atoms with Crippen LogP contribution in [0.3, 0.4) is 0 Å². The number of nitrogens with one attached hydrogen (secondary N) is 1. The van der Waals surface area contributed by atoms with E-state index in [4.69, 9.17) is 4.98 Å². The third kappa shape index (κ3) is 6.01. The fourth-order valence-corrected chi connectivity index (χ4v) is 5.79. The molecule has 4 rings (SSSR count). The summed E-state index contributed by atoms with van der Waals surface area (Å²) in [6.45, 7) is 8.77. The molecule has 1 amide bonds. The van der Waals surface area contributed by atoms with Gasteiger partial charge in [0.1, 0.15) is 0 Å². The summed E-state index contributed by atoms with van der Waals surface area (Å²) in [5.41, 5.74) is 4.63. The van der Waals surface area contributed by atoms with Crippen LogP contribution in [0.15, 0.2) is 36.7 Å². The number of pyridine rings is 2. The molecular weight excluding hydrogens is 442 g/mol. The highest BCUT2D eigenvalue weighted by atomic mass is 32.1. The van der Waals surface area contributed by atoms with E-state index in [1.54, 1.807) is 11.3 Å². The topological polar surface area (TPSA) is 61.4 Å². The molecule has 2 atom stereocenters. The SMILES string of the molecule is CCC(C)c1ccnc2cc(-c3ccc(CN4CCC[C@@H](C(=O)NCCN(C)C)C4)cn3)sc12. The number of hydrogen-bond donors (Lipinski definition) is 1. The van der Waals surface area contributed by atoms with Crippen molar-refractivity contribution in [3.63, 3.8) is 0 Å². The van der Waals surface area contributed by atoms with Gasteiger partial charge in [0.05, 0.1) is 26.7 Å². The number of hydrogen-bond acceptors (Lipinski definition) is 6. The molecule has 3 aromatic heterocycles. The number of carbonyl (C=O) groups is 1. The average Bonchev–Trinajstić information content (AvgIpc) is 3.28. The van der Waals surface area contributed by atoms with E-state index in [0.717, 1.165) is 61.5 Å². The molecule has 1 aliphatic heterocycles. The van der Waals surface area contributed by atoms with Crippen molar-refractivity contribution >= 4 is 27.5 Å². The lowest BCUT2D eigenvalue weighted by Crippen LogP contribution is -2.44. The molecule has 34 heavy (non-hydrogen) atoms. The van der Waals surface area contributed by atoms with Crippen molar-refractivity contribution in [2.45, 2.75) is 45.6 Å². The van der Waals surface area contributed by atoms with Crippen LogP contribution < -0.4 is 5.32 Å². The van der Waals surface area contributed by atoms with Gasteiger partial charge < -0.3 is 10.2 Å². The number of aromatic nitrogens is 2. The van der Waals surface area contributed by atoms with Crippen molar-refractivity contribution in [1.82, 2.24) is 25.1 Å². The lowest BCUT2D eigenvalue weighted by molar-refractivity contribution is -0.126. The zero-order valence-electron chi connectivity index (χ0n) is 20.9. The van der Waals surface area contributed by atoms with Crippen LogP contribution in [-0.4, -0.2) is 65.9 Å². The van der Waals surface area contributed by atoms with E-state index in [1.807, 2.05) is 26.5 Å². The Bertz CT molecular complexity index is 1090. The van der Waals surface area contributed by atoms with E-state index in [0.29, 0.717) is 12.5 Å². The molecule has 0 aromatic carbocycles. The van der Waals surface area contributed by atoms with Gasteiger partial charge in [-0.05, 0) is 75.1 Å². The second-order valence-electron chi connectivity index (χ2n) is 9.75. The number of nitrogens with zero attached hydrogens (tertiary/aromatic N) is 4. The molecule has 1 saturated heterocycles. The summed E-state index contributed by atoms with van der Waals surface area (Å²) in [5.74, 6) is 0.792. The Hall–Kier alpha value is -2.35. The second kappa shape index (κ2) is 11.4. The van der Waals surface area contributed by atoms with Gasteiger partial charge in [-0.3, -0.25) is 19.7 Å².